The topological polar surface area (TPSA) is 108 Å². The Morgan fingerprint density at radius 2 is 1.77 bits per heavy atom. The number of fused-ring (bicyclic) bond motifs is 2. The Morgan fingerprint density at radius 3 is 2.37 bits per heavy atom. The van der Waals surface area contributed by atoms with Crippen LogP contribution in [0.3, 0.4) is 0 Å². The fourth-order valence-corrected chi connectivity index (χ4v) is 4.04. The largest absolute Gasteiger partial charge is 0.462 e. The number of esters is 2. The second kappa shape index (κ2) is 8.06. The summed E-state index contributed by atoms with van der Waals surface area (Å²) in [5, 5.41) is 0. The van der Waals surface area contributed by atoms with Gasteiger partial charge in [-0.1, -0.05) is 24.3 Å². The molecule has 0 aromatic heterocycles. The number of hydrogen-bond acceptors (Lipinski definition) is 7. The van der Waals surface area contributed by atoms with Crippen LogP contribution in [0.4, 0.5) is 5.69 Å². The van der Waals surface area contributed by atoms with Gasteiger partial charge in [0.1, 0.15) is 22.3 Å². The van der Waals surface area contributed by atoms with Gasteiger partial charge in [0.15, 0.2) is 0 Å². The number of anilines is 1. The molecule has 1 aromatic rings. The van der Waals surface area contributed by atoms with Gasteiger partial charge in [-0.2, -0.15) is 0 Å². The van der Waals surface area contributed by atoms with Gasteiger partial charge in [-0.3, -0.25) is 4.79 Å². The van der Waals surface area contributed by atoms with E-state index in [1.54, 1.807) is 44.2 Å². The van der Waals surface area contributed by atoms with Gasteiger partial charge in [-0.15, -0.1) is 6.58 Å². The number of para-hydroxylation sites is 1. The van der Waals surface area contributed by atoms with Crippen molar-refractivity contribution >= 4 is 23.5 Å². The smallest absolute Gasteiger partial charge is 0.341 e. The summed E-state index contributed by atoms with van der Waals surface area (Å²) in [6, 6.07) is 6.90. The van der Waals surface area contributed by atoms with E-state index in [0.717, 1.165) is 0 Å². The van der Waals surface area contributed by atoms with Crippen LogP contribution >= 0.6 is 0 Å². The number of benzene rings is 1. The number of allylic oxidation sites excluding steroid dienone is 1. The fraction of sp³-hybridized carbons (Fsp3) is 0.318. The first-order chi connectivity index (χ1) is 14.4. The van der Waals surface area contributed by atoms with Gasteiger partial charge in [-0.05, 0) is 26.8 Å². The average molecular weight is 412 g/mol. The van der Waals surface area contributed by atoms with Gasteiger partial charge >= 0.3 is 11.9 Å². The molecule has 0 radical (unpaired) electrons. The lowest BCUT2D eigenvalue weighted by atomic mass is 9.67. The van der Waals surface area contributed by atoms with E-state index in [2.05, 4.69) is 6.58 Å². The highest BCUT2D eigenvalue weighted by Gasteiger charge is 2.63. The molecular weight excluding hydrogens is 388 g/mol. The van der Waals surface area contributed by atoms with Gasteiger partial charge in [0.05, 0.1) is 13.2 Å². The zero-order chi connectivity index (χ0) is 22.1. The van der Waals surface area contributed by atoms with Crippen molar-refractivity contribution in [2.45, 2.75) is 26.2 Å². The number of nitrogens with two attached hydrogens (primary N) is 1. The molecule has 2 aliphatic rings. The highest BCUT2D eigenvalue weighted by Crippen LogP contribution is 2.54. The van der Waals surface area contributed by atoms with Gasteiger partial charge in [0.25, 0.3) is 0 Å². The Morgan fingerprint density at radius 1 is 1.17 bits per heavy atom. The fourth-order valence-electron chi connectivity index (χ4n) is 4.04. The summed E-state index contributed by atoms with van der Waals surface area (Å²) in [6.45, 7) is 8.80. The Kier molecular flexibility index (Phi) is 5.69. The van der Waals surface area contributed by atoms with Crippen LogP contribution in [0.25, 0.3) is 0 Å². The molecule has 2 N–H and O–H groups in total. The van der Waals surface area contributed by atoms with Crippen molar-refractivity contribution < 1.29 is 28.6 Å². The maximum absolute atomic E-state index is 13.9. The number of nitrogens with zero attached hydrogens (tertiary/aromatic N) is 1. The van der Waals surface area contributed by atoms with Crippen LogP contribution in [0.5, 0.6) is 0 Å². The second-order valence-electron chi connectivity index (χ2n) is 6.69. The lowest BCUT2D eigenvalue weighted by Crippen LogP contribution is -2.51. The molecule has 1 aromatic carbocycles. The minimum Gasteiger partial charge on any atom is -0.462 e. The van der Waals surface area contributed by atoms with Crippen molar-refractivity contribution in [3.63, 3.8) is 0 Å². The summed E-state index contributed by atoms with van der Waals surface area (Å²) in [5.74, 6) is -2.34. The SMILES string of the molecule is C=CCN1C(=O)C2(C(C(=O)OCC)=C(C)OC(N)=C2C(=O)OCC)c2ccccc21. The minimum atomic E-state index is -1.84. The Labute approximate surface area is 174 Å². The van der Waals surface area contributed by atoms with Crippen molar-refractivity contribution in [3.8, 4) is 0 Å². The van der Waals surface area contributed by atoms with Crippen molar-refractivity contribution in [2.75, 3.05) is 24.7 Å². The first-order valence-electron chi connectivity index (χ1n) is 9.62. The number of carbonyl (C=O) groups excluding carboxylic acids is 3. The third kappa shape index (κ3) is 2.87. The van der Waals surface area contributed by atoms with E-state index in [9.17, 15) is 14.4 Å². The summed E-state index contributed by atoms with van der Waals surface area (Å²) in [6.07, 6.45) is 1.56. The Hall–Kier alpha value is -3.55. The number of hydrogen-bond donors (Lipinski definition) is 1. The zero-order valence-electron chi connectivity index (χ0n) is 17.2. The molecule has 2 aliphatic heterocycles. The summed E-state index contributed by atoms with van der Waals surface area (Å²) in [4.78, 5) is 41.5. The Bertz CT molecular complexity index is 951. The third-order valence-electron chi connectivity index (χ3n) is 5.05. The quantitative estimate of drug-likeness (QED) is 0.563. The van der Waals surface area contributed by atoms with E-state index < -0.39 is 23.3 Å². The molecule has 1 atom stereocenters. The standard InChI is InChI=1S/C22H24N2O6/c1-5-12-24-15-11-9-8-10-14(15)22(21(24)27)16(19(25)28-6-2)13(4)30-18(23)17(22)20(26)29-7-3/h5,8-11H,1,6-7,12,23H2,2-4H3. The number of carbonyl (C=O) groups is 3. The highest BCUT2D eigenvalue weighted by atomic mass is 16.5. The van der Waals surface area contributed by atoms with E-state index in [1.807, 2.05) is 0 Å². The van der Waals surface area contributed by atoms with E-state index in [1.165, 1.54) is 11.8 Å². The molecule has 0 saturated carbocycles. The van der Waals surface area contributed by atoms with E-state index in [4.69, 9.17) is 19.9 Å². The molecule has 8 heteroatoms. The van der Waals surface area contributed by atoms with Crippen molar-refractivity contribution in [2.24, 2.45) is 5.73 Å². The maximum atomic E-state index is 13.9. The second-order valence-corrected chi connectivity index (χ2v) is 6.69. The molecule has 0 fully saturated rings. The summed E-state index contributed by atoms with van der Waals surface area (Å²) in [7, 11) is 0. The predicted molar refractivity (Wildman–Crippen MR) is 109 cm³/mol. The average Bonchev–Trinajstić information content (AvgIpc) is 2.92. The van der Waals surface area contributed by atoms with Crippen LogP contribution < -0.4 is 10.6 Å². The van der Waals surface area contributed by atoms with Gasteiger partial charge in [-0.25, -0.2) is 9.59 Å². The molecule has 3 rings (SSSR count). The monoisotopic (exact) mass is 412 g/mol. The summed E-state index contributed by atoms with van der Waals surface area (Å²) in [5.41, 5.74) is 4.90. The molecule has 30 heavy (non-hydrogen) atoms. The van der Waals surface area contributed by atoms with Crippen LogP contribution in [-0.2, 0) is 34.0 Å². The van der Waals surface area contributed by atoms with Crippen LogP contribution in [0, 0.1) is 0 Å². The van der Waals surface area contributed by atoms with Crippen molar-refractivity contribution in [1.82, 2.24) is 0 Å². The molecule has 8 nitrogen and oxygen atoms in total. The molecule has 2 heterocycles. The van der Waals surface area contributed by atoms with Crippen molar-refractivity contribution in [3.05, 3.63) is 65.3 Å². The molecule has 1 unspecified atom stereocenters. The third-order valence-corrected chi connectivity index (χ3v) is 5.05. The number of amides is 1. The van der Waals surface area contributed by atoms with Crippen LogP contribution in [-0.4, -0.2) is 37.6 Å². The molecule has 158 valence electrons. The van der Waals surface area contributed by atoms with Gasteiger partial charge in [0, 0.05) is 17.8 Å². The lowest BCUT2D eigenvalue weighted by molar-refractivity contribution is -0.143. The molecule has 0 saturated heterocycles. The maximum Gasteiger partial charge on any atom is 0.341 e. The molecule has 1 amide bonds. The predicted octanol–water partition coefficient (Wildman–Crippen LogP) is 2.06. The van der Waals surface area contributed by atoms with Crippen LogP contribution in [0.1, 0.15) is 26.3 Å². The Balaban J connectivity index is 2.42. The minimum absolute atomic E-state index is 0.0509. The molecular formula is C22H24N2O6. The van der Waals surface area contributed by atoms with Crippen LogP contribution in [0.15, 0.2) is 59.7 Å². The molecule has 0 aliphatic carbocycles. The number of ether oxygens (including phenoxy) is 3. The van der Waals surface area contributed by atoms with E-state index in [-0.39, 0.29) is 42.5 Å². The summed E-state index contributed by atoms with van der Waals surface area (Å²) < 4.78 is 16.0. The summed E-state index contributed by atoms with van der Waals surface area (Å²) >= 11 is 0. The highest BCUT2D eigenvalue weighted by molar-refractivity contribution is 6.22. The molecule has 1 spiro atoms. The van der Waals surface area contributed by atoms with Gasteiger partial charge < -0.3 is 24.8 Å². The molecule has 0 bridgehead atoms. The van der Waals surface area contributed by atoms with Crippen LogP contribution in [0.2, 0.25) is 0 Å². The van der Waals surface area contributed by atoms with E-state index >= 15 is 0 Å². The first kappa shape index (κ1) is 21.2. The van der Waals surface area contributed by atoms with Crippen molar-refractivity contribution in [1.29, 1.82) is 0 Å². The van der Waals surface area contributed by atoms with E-state index in [0.29, 0.717) is 11.3 Å². The van der Waals surface area contributed by atoms with Gasteiger partial charge in [0.2, 0.25) is 11.8 Å². The normalized spacial score (nSPS) is 20.2. The zero-order valence-corrected chi connectivity index (χ0v) is 17.2. The first-order valence-corrected chi connectivity index (χ1v) is 9.62. The number of rotatable bonds is 6. The lowest BCUT2D eigenvalue weighted by Gasteiger charge is -2.36.